The van der Waals surface area contributed by atoms with Crippen molar-refractivity contribution in [1.29, 1.82) is 0 Å². The van der Waals surface area contributed by atoms with Gasteiger partial charge in [-0.05, 0) is 33.8 Å². The number of nitrogens with zero attached hydrogens (tertiary/aromatic N) is 4. The van der Waals surface area contributed by atoms with Crippen LogP contribution in [0.4, 0.5) is 5.95 Å². The van der Waals surface area contributed by atoms with E-state index in [1.54, 1.807) is 16.9 Å². The lowest BCUT2D eigenvalue weighted by molar-refractivity contribution is 0.102. The van der Waals surface area contributed by atoms with Gasteiger partial charge in [0.25, 0.3) is 5.91 Å². The molecule has 0 aromatic carbocycles. The van der Waals surface area contributed by atoms with Gasteiger partial charge in [-0.15, -0.1) is 0 Å². The average molecular weight is 259 g/mol. The standard InChI is InChI=1S/C13H17N5O/c1-5-18-10(4)11(9(3)17-18)12(19)16-13-14-7-6-8(2)15-13/h6-7H,5H2,1-4H3,(H,14,15,16,19). The first kappa shape index (κ1) is 13.2. The number of anilines is 1. The molecule has 2 aromatic heterocycles. The Hall–Kier alpha value is -2.24. The number of carbonyl (C=O) groups is 1. The summed E-state index contributed by atoms with van der Waals surface area (Å²) in [6, 6.07) is 1.78. The Labute approximate surface area is 111 Å². The second-order valence-corrected chi connectivity index (χ2v) is 4.34. The molecule has 6 heteroatoms. The van der Waals surface area contributed by atoms with Crippen molar-refractivity contribution >= 4 is 11.9 Å². The Morgan fingerprint density at radius 3 is 2.68 bits per heavy atom. The van der Waals surface area contributed by atoms with Gasteiger partial charge in [0.2, 0.25) is 5.95 Å². The molecule has 0 aliphatic heterocycles. The van der Waals surface area contributed by atoms with Crippen LogP contribution in [-0.2, 0) is 6.54 Å². The smallest absolute Gasteiger partial charge is 0.261 e. The van der Waals surface area contributed by atoms with Crippen molar-refractivity contribution in [3.8, 4) is 0 Å². The van der Waals surface area contributed by atoms with E-state index < -0.39 is 0 Å². The normalized spacial score (nSPS) is 10.5. The summed E-state index contributed by atoms with van der Waals surface area (Å²) >= 11 is 0. The van der Waals surface area contributed by atoms with Crippen LogP contribution in [0.25, 0.3) is 0 Å². The summed E-state index contributed by atoms with van der Waals surface area (Å²) < 4.78 is 1.81. The van der Waals surface area contributed by atoms with Gasteiger partial charge in [0, 0.05) is 24.1 Å². The predicted octanol–water partition coefficient (Wildman–Crippen LogP) is 1.87. The molecule has 100 valence electrons. The van der Waals surface area contributed by atoms with E-state index in [0.29, 0.717) is 17.2 Å². The Balaban J connectivity index is 2.28. The third kappa shape index (κ3) is 2.62. The van der Waals surface area contributed by atoms with Crippen LogP contribution in [0.3, 0.4) is 0 Å². The molecule has 6 nitrogen and oxygen atoms in total. The monoisotopic (exact) mass is 259 g/mol. The molecule has 0 saturated carbocycles. The summed E-state index contributed by atoms with van der Waals surface area (Å²) in [6.07, 6.45) is 1.62. The molecule has 0 fully saturated rings. The summed E-state index contributed by atoms with van der Waals surface area (Å²) in [5.74, 6) is 0.0911. The van der Waals surface area contributed by atoms with E-state index in [9.17, 15) is 4.79 Å². The fourth-order valence-corrected chi connectivity index (χ4v) is 2.01. The molecule has 0 spiro atoms. The third-order valence-corrected chi connectivity index (χ3v) is 2.93. The summed E-state index contributed by atoms with van der Waals surface area (Å²) in [5, 5.41) is 7.03. The molecular weight excluding hydrogens is 242 g/mol. The number of aromatic nitrogens is 4. The maximum atomic E-state index is 12.3. The van der Waals surface area contributed by atoms with Gasteiger partial charge in [0.1, 0.15) is 0 Å². The van der Waals surface area contributed by atoms with Crippen LogP contribution in [0, 0.1) is 20.8 Å². The zero-order chi connectivity index (χ0) is 14.0. The topological polar surface area (TPSA) is 72.7 Å². The van der Waals surface area contributed by atoms with Crippen molar-refractivity contribution in [3.05, 3.63) is 34.9 Å². The van der Waals surface area contributed by atoms with E-state index >= 15 is 0 Å². The number of carbonyl (C=O) groups excluding carboxylic acids is 1. The molecule has 2 aromatic rings. The number of amides is 1. The molecule has 2 rings (SSSR count). The lowest BCUT2D eigenvalue weighted by atomic mass is 10.2. The number of rotatable bonds is 3. The largest absolute Gasteiger partial charge is 0.290 e. The highest BCUT2D eigenvalue weighted by Crippen LogP contribution is 2.14. The fraction of sp³-hybridized carbons (Fsp3) is 0.385. The predicted molar refractivity (Wildman–Crippen MR) is 72.1 cm³/mol. The zero-order valence-electron chi connectivity index (χ0n) is 11.6. The van der Waals surface area contributed by atoms with E-state index in [4.69, 9.17) is 0 Å². The molecule has 0 aliphatic carbocycles. The lowest BCUT2D eigenvalue weighted by Crippen LogP contribution is -2.16. The molecule has 0 saturated heterocycles. The van der Waals surface area contributed by atoms with Crippen molar-refractivity contribution < 1.29 is 4.79 Å². The summed E-state index contributed by atoms with van der Waals surface area (Å²) in [5.41, 5.74) is 2.96. The first-order valence-electron chi connectivity index (χ1n) is 6.18. The zero-order valence-corrected chi connectivity index (χ0v) is 11.6. The summed E-state index contributed by atoms with van der Waals surface area (Å²) in [4.78, 5) is 20.4. The van der Waals surface area contributed by atoms with Crippen molar-refractivity contribution in [3.63, 3.8) is 0 Å². The van der Waals surface area contributed by atoms with Gasteiger partial charge in [0.05, 0.1) is 11.3 Å². The molecule has 0 atom stereocenters. The van der Waals surface area contributed by atoms with Crippen molar-refractivity contribution in [2.24, 2.45) is 0 Å². The molecule has 0 aliphatic rings. The molecule has 1 N–H and O–H groups in total. The summed E-state index contributed by atoms with van der Waals surface area (Å²) in [6.45, 7) is 8.29. The van der Waals surface area contributed by atoms with Gasteiger partial charge in [-0.25, -0.2) is 9.97 Å². The van der Waals surface area contributed by atoms with Crippen LogP contribution in [0.2, 0.25) is 0 Å². The van der Waals surface area contributed by atoms with E-state index in [2.05, 4.69) is 20.4 Å². The van der Waals surface area contributed by atoms with Crippen LogP contribution < -0.4 is 5.32 Å². The highest BCUT2D eigenvalue weighted by molar-refractivity contribution is 6.04. The Kier molecular flexibility index (Phi) is 3.59. The molecule has 2 heterocycles. The molecule has 19 heavy (non-hydrogen) atoms. The van der Waals surface area contributed by atoms with Crippen molar-refractivity contribution in [1.82, 2.24) is 19.7 Å². The minimum absolute atomic E-state index is 0.222. The van der Waals surface area contributed by atoms with Crippen LogP contribution >= 0.6 is 0 Å². The average Bonchev–Trinajstić information content (AvgIpc) is 2.64. The molecule has 0 unspecified atom stereocenters. The van der Waals surface area contributed by atoms with Crippen LogP contribution in [0.5, 0.6) is 0 Å². The van der Waals surface area contributed by atoms with E-state index in [-0.39, 0.29) is 5.91 Å². The molecule has 1 amide bonds. The highest BCUT2D eigenvalue weighted by atomic mass is 16.1. The number of nitrogens with one attached hydrogen (secondary N) is 1. The minimum Gasteiger partial charge on any atom is -0.290 e. The quantitative estimate of drug-likeness (QED) is 0.913. The van der Waals surface area contributed by atoms with E-state index in [0.717, 1.165) is 17.9 Å². The Morgan fingerprint density at radius 2 is 2.11 bits per heavy atom. The maximum Gasteiger partial charge on any atom is 0.261 e. The SMILES string of the molecule is CCn1nc(C)c(C(=O)Nc2nccc(C)n2)c1C. The first-order valence-corrected chi connectivity index (χ1v) is 6.18. The Morgan fingerprint density at radius 1 is 1.37 bits per heavy atom. The first-order chi connectivity index (χ1) is 9.02. The van der Waals surface area contributed by atoms with Gasteiger partial charge in [-0.2, -0.15) is 5.10 Å². The molecule has 0 radical (unpaired) electrons. The van der Waals surface area contributed by atoms with Gasteiger partial charge in [-0.1, -0.05) is 0 Å². The van der Waals surface area contributed by atoms with Crippen molar-refractivity contribution in [2.45, 2.75) is 34.2 Å². The lowest BCUT2D eigenvalue weighted by Gasteiger charge is -2.04. The van der Waals surface area contributed by atoms with Crippen molar-refractivity contribution in [2.75, 3.05) is 5.32 Å². The van der Waals surface area contributed by atoms with E-state index in [1.807, 2.05) is 27.7 Å². The number of hydrogen-bond acceptors (Lipinski definition) is 4. The molecule has 0 bridgehead atoms. The minimum atomic E-state index is -0.222. The number of aryl methyl sites for hydroxylation is 3. The summed E-state index contributed by atoms with van der Waals surface area (Å²) in [7, 11) is 0. The second kappa shape index (κ2) is 5.17. The van der Waals surface area contributed by atoms with Gasteiger partial charge in [0.15, 0.2) is 0 Å². The highest BCUT2D eigenvalue weighted by Gasteiger charge is 2.18. The van der Waals surface area contributed by atoms with Crippen LogP contribution in [0.15, 0.2) is 12.3 Å². The van der Waals surface area contributed by atoms with Crippen LogP contribution in [0.1, 0.15) is 34.4 Å². The van der Waals surface area contributed by atoms with Crippen LogP contribution in [-0.4, -0.2) is 25.7 Å². The van der Waals surface area contributed by atoms with Gasteiger partial charge >= 0.3 is 0 Å². The van der Waals surface area contributed by atoms with E-state index in [1.165, 1.54) is 0 Å². The van der Waals surface area contributed by atoms with Gasteiger partial charge < -0.3 is 0 Å². The Bertz CT molecular complexity index is 617. The fourth-order valence-electron chi connectivity index (χ4n) is 2.01. The molecular formula is C13H17N5O. The maximum absolute atomic E-state index is 12.3. The third-order valence-electron chi connectivity index (χ3n) is 2.93. The van der Waals surface area contributed by atoms with Gasteiger partial charge in [-0.3, -0.25) is 14.8 Å². The number of hydrogen-bond donors (Lipinski definition) is 1. The second-order valence-electron chi connectivity index (χ2n) is 4.34.